The fourth-order valence-electron chi connectivity index (χ4n) is 2.97. The number of rotatable bonds is 5. The first-order chi connectivity index (χ1) is 13.1. The Labute approximate surface area is 155 Å². The molecule has 1 aliphatic rings. The molecule has 0 spiro atoms. The molecule has 1 aromatic heterocycles. The van der Waals surface area contributed by atoms with E-state index in [0.717, 1.165) is 22.4 Å². The quantitative estimate of drug-likeness (QED) is 0.645. The fraction of sp³-hybridized carbons (Fsp3) is 0.100. The first-order valence-corrected chi connectivity index (χ1v) is 8.43. The second-order valence-electron chi connectivity index (χ2n) is 6.23. The number of Topliss-reactive ketones (excluding diaryl/α,β-unsaturated/α-hetero) is 1. The Balaban J connectivity index is 1.55. The summed E-state index contributed by atoms with van der Waals surface area (Å²) in [5, 5.41) is 12.5. The molecule has 0 unspecified atom stereocenters. The minimum atomic E-state index is -0.0529. The summed E-state index contributed by atoms with van der Waals surface area (Å²) >= 11 is 0. The molecule has 0 aliphatic carbocycles. The molecule has 0 atom stereocenters. The summed E-state index contributed by atoms with van der Waals surface area (Å²) in [6.07, 6.45) is 1.81. The minimum absolute atomic E-state index is 0.0529. The van der Waals surface area contributed by atoms with Gasteiger partial charge in [-0.15, -0.1) is 0 Å². The van der Waals surface area contributed by atoms with E-state index in [2.05, 4.69) is 20.3 Å². The topological polar surface area (TPSA) is 113 Å². The number of phenols is 1. The standard InChI is InChI=1S/C20H17N5O2/c21-20-22-8-7-18(25-20)24-14-4-3-13-11-23-19(16(13)10-14)17(27)9-12-1-5-15(26)6-2-12/h1-8,10,26H,9,11H2,(H3,21,22,24,25). The number of anilines is 3. The van der Waals surface area contributed by atoms with E-state index in [1.807, 2.05) is 18.2 Å². The third kappa shape index (κ3) is 3.62. The van der Waals surface area contributed by atoms with Crippen LogP contribution in [0.1, 0.15) is 16.7 Å². The van der Waals surface area contributed by atoms with Crippen LogP contribution in [-0.2, 0) is 17.8 Å². The number of nitrogen functional groups attached to an aromatic ring is 1. The van der Waals surface area contributed by atoms with E-state index in [0.29, 0.717) is 18.1 Å². The van der Waals surface area contributed by atoms with Gasteiger partial charge in [0.1, 0.15) is 17.3 Å². The molecule has 4 rings (SSSR count). The molecule has 2 heterocycles. The molecule has 0 bridgehead atoms. The second-order valence-corrected chi connectivity index (χ2v) is 6.23. The largest absolute Gasteiger partial charge is 0.508 e. The molecule has 7 heteroatoms. The van der Waals surface area contributed by atoms with Gasteiger partial charge in [0, 0.05) is 23.9 Å². The van der Waals surface area contributed by atoms with Crippen molar-refractivity contribution >= 4 is 28.9 Å². The van der Waals surface area contributed by atoms with Gasteiger partial charge in [-0.2, -0.15) is 4.98 Å². The van der Waals surface area contributed by atoms with Gasteiger partial charge in [0.05, 0.1) is 6.54 Å². The molecule has 27 heavy (non-hydrogen) atoms. The van der Waals surface area contributed by atoms with E-state index >= 15 is 0 Å². The lowest BCUT2D eigenvalue weighted by Crippen LogP contribution is -2.16. The Hall–Kier alpha value is -3.74. The Morgan fingerprint density at radius 3 is 2.74 bits per heavy atom. The van der Waals surface area contributed by atoms with E-state index in [4.69, 9.17) is 5.73 Å². The van der Waals surface area contributed by atoms with E-state index < -0.39 is 0 Å². The number of nitrogens with two attached hydrogens (primary N) is 1. The van der Waals surface area contributed by atoms with Crippen molar-refractivity contribution in [2.45, 2.75) is 13.0 Å². The zero-order valence-corrected chi connectivity index (χ0v) is 14.4. The highest BCUT2D eigenvalue weighted by atomic mass is 16.3. The van der Waals surface area contributed by atoms with Crippen LogP contribution in [0.25, 0.3) is 0 Å². The van der Waals surface area contributed by atoms with Crippen molar-refractivity contribution in [3.05, 3.63) is 71.4 Å². The summed E-state index contributed by atoms with van der Waals surface area (Å²) < 4.78 is 0. The van der Waals surface area contributed by atoms with E-state index in [1.54, 1.807) is 36.5 Å². The van der Waals surface area contributed by atoms with Crippen LogP contribution in [0.2, 0.25) is 0 Å². The molecule has 134 valence electrons. The maximum absolute atomic E-state index is 12.7. The number of ketones is 1. The number of nitrogens with one attached hydrogen (secondary N) is 1. The molecular formula is C20H17N5O2. The number of nitrogens with zero attached hydrogens (tertiary/aromatic N) is 3. The summed E-state index contributed by atoms with van der Waals surface area (Å²) in [5.41, 5.74) is 9.54. The Bertz CT molecular complexity index is 1040. The lowest BCUT2D eigenvalue weighted by Gasteiger charge is -2.09. The Morgan fingerprint density at radius 1 is 1.15 bits per heavy atom. The summed E-state index contributed by atoms with van der Waals surface area (Å²) in [4.78, 5) is 25.1. The van der Waals surface area contributed by atoms with Gasteiger partial charge in [-0.1, -0.05) is 18.2 Å². The van der Waals surface area contributed by atoms with Gasteiger partial charge >= 0.3 is 0 Å². The number of aromatic nitrogens is 2. The number of fused-ring (bicyclic) bond motifs is 1. The summed E-state index contributed by atoms with van der Waals surface area (Å²) in [6, 6.07) is 14.1. The van der Waals surface area contributed by atoms with Gasteiger partial charge in [-0.3, -0.25) is 9.79 Å². The van der Waals surface area contributed by atoms with Crippen molar-refractivity contribution in [2.24, 2.45) is 4.99 Å². The SMILES string of the molecule is Nc1nccc(Nc2ccc3c(c2)C(C(=O)Cc2ccc(O)cc2)=NC3)n1. The average Bonchev–Trinajstić information content (AvgIpc) is 3.07. The van der Waals surface area contributed by atoms with Crippen LogP contribution >= 0.6 is 0 Å². The van der Waals surface area contributed by atoms with Crippen LogP contribution in [0.4, 0.5) is 17.5 Å². The average molecular weight is 359 g/mol. The van der Waals surface area contributed by atoms with Crippen LogP contribution in [0.5, 0.6) is 5.75 Å². The van der Waals surface area contributed by atoms with E-state index in [1.165, 1.54) is 0 Å². The highest BCUT2D eigenvalue weighted by Gasteiger charge is 2.22. The predicted molar refractivity (Wildman–Crippen MR) is 103 cm³/mol. The highest BCUT2D eigenvalue weighted by molar-refractivity contribution is 6.47. The maximum Gasteiger partial charge on any atom is 0.221 e. The summed E-state index contributed by atoms with van der Waals surface area (Å²) in [6.45, 7) is 0.493. The molecule has 0 amide bonds. The highest BCUT2D eigenvalue weighted by Crippen LogP contribution is 2.25. The minimum Gasteiger partial charge on any atom is -0.508 e. The fourth-order valence-corrected chi connectivity index (χ4v) is 2.97. The van der Waals surface area contributed by atoms with Gasteiger partial charge in [0.2, 0.25) is 5.95 Å². The monoisotopic (exact) mass is 359 g/mol. The van der Waals surface area contributed by atoms with Crippen molar-refractivity contribution in [3.8, 4) is 5.75 Å². The van der Waals surface area contributed by atoms with Gasteiger partial charge in [-0.05, 0) is 41.5 Å². The van der Waals surface area contributed by atoms with Crippen molar-refractivity contribution < 1.29 is 9.90 Å². The first-order valence-electron chi connectivity index (χ1n) is 8.43. The molecule has 0 saturated heterocycles. The van der Waals surface area contributed by atoms with Crippen molar-refractivity contribution in [2.75, 3.05) is 11.1 Å². The number of benzene rings is 2. The van der Waals surface area contributed by atoms with Crippen LogP contribution in [-0.4, -0.2) is 26.6 Å². The summed E-state index contributed by atoms with van der Waals surface area (Å²) in [7, 11) is 0. The van der Waals surface area contributed by atoms with Gasteiger partial charge in [0.15, 0.2) is 5.78 Å². The Morgan fingerprint density at radius 2 is 1.96 bits per heavy atom. The second kappa shape index (κ2) is 6.87. The van der Waals surface area contributed by atoms with Crippen LogP contribution < -0.4 is 11.1 Å². The molecule has 0 saturated carbocycles. The number of hydrogen-bond donors (Lipinski definition) is 3. The van der Waals surface area contributed by atoms with Crippen molar-refractivity contribution in [1.82, 2.24) is 9.97 Å². The zero-order chi connectivity index (χ0) is 18.8. The van der Waals surface area contributed by atoms with Crippen LogP contribution in [0.3, 0.4) is 0 Å². The Kier molecular flexibility index (Phi) is 4.25. The van der Waals surface area contributed by atoms with Gasteiger partial charge < -0.3 is 16.2 Å². The molecule has 0 fully saturated rings. The number of phenolic OH excluding ortho intramolecular Hbond substituents is 1. The van der Waals surface area contributed by atoms with Crippen molar-refractivity contribution in [1.29, 1.82) is 0 Å². The molecule has 0 radical (unpaired) electrons. The lowest BCUT2D eigenvalue weighted by molar-refractivity contribution is -0.112. The van der Waals surface area contributed by atoms with Gasteiger partial charge in [-0.25, -0.2) is 4.98 Å². The molecular weight excluding hydrogens is 342 g/mol. The third-order valence-electron chi connectivity index (χ3n) is 4.28. The third-order valence-corrected chi connectivity index (χ3v) is 4.28. The number of aliphatic imine (C=N–C) groups is 1. The smallest absolute Gasteiger partial charge is 0.221 e. The molecule has 3 aromatic rings. The van der Waals surface area contributed by atoms with E-state index in [-0.39, 0.29) is 23.9 Å². The van der Waals surface area contributed by atoms with E-state index in [9.17, 15) is 9.90 Å². The van der Waals surface area contributed by atoms with Crippen LogP contribution in [0.15, 0.2) is 59.7 Å². The van der Waals surface area contributed by atoms with Crippen LogP contribution in [0, 0.1) is 0 Å². The maximum atomic E-state index is 12.7. The normalized spacial score (nSPS) is 12.4. The first kappa shape index (κ1) is 16.7. The molecule has 2 aromatic carbocycles. The predicted octanol–water partition coefficient (Wildman–Crippen LogP) is 2.62. The number of carbonyl (C=O) groups is 1. The number of carbonyl (C=O) groups excluding carboxylic acids is 1. The summed E-state index contributed by atoms with van der Waals surface area (Å²) in [5.74, 6) is 0.889. The number of hydrogen-bond acceptors (Lipinski definition) is 7. The molecule has 7 nitrogen and oxygen atoms in total. The van der Waals surface area contributed by atoms with Gasteiger partial charge in [0.25, 0.3) is 0 Å². The van der Waals surface area contributed by atoms with Crippen molar-refractivity contribution in [3.63, 3.8) is 0 Å². The molecule has 4 N–H and O–H groups in total. The molecule has 1 aliphatic heterocycles. The zero-order valence-electron chi connectivity index (χ0n) is 14.4. The lowest BCUT2D eigenvalue weighted by atomic mass is 9.98. The number of aromatic hydroxyl groups is 1.